The van der Waals surface area contributed by atoms with Crippen LogP contribution in [0.4, 0.5) is 45.5 Å². The minimum Gasteiger partial charge on any atom is -0.594 e. The standard InChI is InChI=1S/C62H50N10O3/c1-36-11-18-45(19-12-36)63-47-23-28-52-44(34-47)30-41(6)59(62(52)74)66-67-61-54-27-13-37(2)29-55(54)56(35-58(61)73)65-64-48-20-16-42(38(3)31-48)14-15-43-17-24-50(32-39(43)4)72(75)68-46-21-25-49(26-22-46)71-69-57-33-40(5)51-9-7-8-10-53(51)60(57)70-71/h7-35,63,73-74H,1-6H3. The molecule has 0 saturated heterocycles. The maximum Gasteiger partial charge on any atom is 0.245 e. The lowest BCUT2D eigenvalue weighted by molar-refractivity contribution is -0.435. The molecule has 0 fully saturated rings. The lowest BCUT2D eigenvalue weighted by Gasteiger charge is -2.12. The second-order valence-electron chi connectivity index (χ2n) is 18.9. The van der Waals surface area contributed by atoms with Gasteiger partial charge in [-0.1, -0.05) is 82.7 Å². The summed E-state index contributed by atoms with van der Waals surface area (Å²) in [5.41, 5.74) is 14.8. The molecule has 1 heterocycles. The Morgan fingerprint density at radius 3 is 1.96 bits per heavy atom. The summed E-state index contributed by atoms with van der Waals surface area (Å²) in [5.74, 6) is -0.122. The van der Waals surface area contributed by atoms with Crippen LogP contribution in [-0.2, 0) is 0 Å². The third-order valence-electron chi connectivity index (χ3n) is 13.4. The van der Waals surface area contributed by atoms with E-state index in [0.29, 0.717) is 44.1 Å². The Bertz CT molecular complexity index is 4200. The van der Waals surface area contributed by atoms with Gasteiger partial charge in [-0.2, -0.15) is 9.91 Å². The smallest absolute Gasteiger partial charge is 0.245 e. The van der Waals surface area contributed by atoms with E-state index in [1.807, 2.05) is 149 Å². The molecule has 3 N–H and O–H groups in total. The lowest BCUT2D eigenvalue weighted by atomic mass is 10.0. The van der Waals surface area contributed by atoms with Gasteiger partial charge in [-0.25, -0.2) is 0 Å². The minimum atomic E-state index is -0.126. The average molecular weight is 983 g/mol. The first kappa shape index (κ1) is 47.4. The number of anilines is 2. The number of aromatic nitrogens is 3. The number of nitrogens with zero attached hydrogens (tertiary/aromatic N) is 9. The Balaban J connectivity index is 0.771. The van der Waals surface area contributed by atoms with E-state index in [4.69, 9.17) is 10.2 Å². The van der Waals surface area contributed by atoms with Crippen molar-refractivity contribution in [2.45, 2.75) is 41.5 Å². The maximum atomic E-state index is 13.3. The van der Waals surface area contributed by atoms with E-state index >= 15 is 0 Å². The Morgan fingerprint density at radius 1 is 0.520 bits per heavy atom. The van der Waals surface area contributed by atoms with Crippen LogP contribution in [-0.4, -0.2) is 30.1 Å². The van der Waals surface area contributed by atoms with Crippen molar-refractivity contribution in [1.82, 2.24) is 15.0 Å². The third kappa shape index (κ3) is 9.65. The summed E-state index contributed by atoms with van der Waals surface area (Å²) in [6.07, 6.45) is 4.05. The second kappa shape index (κ2) is 19.6. The summed E-state index contributed by atoms with van der Waals surface area (Å²) in [5, 5.41) is 76.6. The van der Waals surface area contributed by atoms with Crippen LogP contribution in [0.2, 0.25) is 0 Å². The van der Waals surface area contributed by atoms with Crippen LogP contribution < -0.4 is 5.32 Å². The monoisotopic (exact) mass is 982 g/mol. The number of benzene rings is 10. The molecule has 0 amide bonds. The Kier molecular flexibility index (Phi) is 12.4. The summed E-state index contributed by atoms with van der Waals surface area (Å²) < 4.78 is 0. The molecule has 0 aliphatic carbocycles. The highest BCUT2D eigenvalue weighted by Crippen LogP contribution is 2.45. The van der Waals surface area contributed by atoms with Crippen LogP contribution in [0.1, 0.15) is 44.5 Å². The number of rotatable bonds is 11. The Hall–Kier alpha value is -9.88. The summed E-state index contributed by atoms with van der Waals surface area (Å²) in [7, 11) is 0. The number of nitrogens with one attached hydrogen (secondary N) is 1. The van der Waals surface area contributed by atoms with E-state index in [1.54, 1.807) is 23.0 Å². The van der Waals surface area contributed by atoms with Gasteiger partial charge < -0.3 is 20.7 Å². The van der Waals surface area contributed by atoms with Gasteiger partial charge in [0, 0.05) is 56.2 Å². The molecule has 0 bridgehead atoms. The molecule has 0 spiro atoms. The predicted molar refractivity (Wildman–Crippen MR) is 301 cm³/mol. The molecule has 13 nitrogen and oxygen atoms in total. The third-order valence-corrected chi connectivity index (χ3v) is 13.4. The normalized spacial score (nSPS) is 12.2. The number of hydrogen-bond donors (Lipinski definition) is 3. The second-order valence-corrected chi connectivity index (χ2v) is 18.9. The molecule has 13 heteroatoms. The first-order valence-corrected chi connectivity index (χ1v) is 24.5. The predicted octanol–water partition coefficient (Wildman–Crippen LogP) is 17.8. The number of azo groups is 3. The average Bonchev–Trinajstić information content (AvgIpc) is 3.84. The van der Waals surface area contributed by atoms with Crippen LogP contribution in [0.15, 0.2) is 189 Å². The highest BCUT2D eigenvalue weighted by atomic mass is 16.5. The topological polar surface area (TPSA) is 171 Å². The number of hydrogen-bond acceptors (Lipinski definition) is 11. The van der Waals surface area contributed by atoms with Gasteiger partial charge in [-0.15, -0.1) is 25.5 Å². The van der Waals surface area contributed by atoms with Crippen LogP contribution >= 0.6 is 0 Å². The van der Waals surface area contributed by atoms with Gasteiger partial charge in [0.2, 0.25) is 5.69 Å². The molecule has 0 aliphatic heterocycles. The van der Waals surface area contributed by atoms with Gasteiger partial charge in [0.05, 0.1) is 17.1 Å². The molecular formula is C62H50N10O3. The molecule has 11 rings (SSSR count). The zero-order valence-corrected chi connectivity index (χ0v) is 42.1. The van der Waals surface area contributed by atoms with Crippen molar-refractivity contribution in [2.75, 3.05) is 5.32 Å². The van der Waals surface area contributed by atoms with Gasteiger partial charge in [-0.05, 0) is 177 Å². The van der Waals surface area contributed by atoms with Crippen molar-refractivity contribution in [3.8, 4) is 17.2 Å². The van der Waals surface area contributed by atoms with E-state index < -0.39 is 0 Å². The molecule has 0 radical (unpaired) electrons. The summed E-state index contributed by atoms with van der Waals surface area (Å²) in [4.78, 5) is 2.25. The fourth-order valence-electron chi connectivity index (χ4n) is 9.32. The molecule has 0 saturated carbocycles. The van der Waals surface area contributed by atoms with E-state index in [-0.39, 0.29) is 17.2 Å². The fraction of sp³-hybridized carbons (Fsp3) is 0.0968. The highest BCUT2D eigenvalue weighted by Gasteiger charge is 2.17. The molecule has 75 heavy (non-hydrogen) atoms. The van der Waals surface area contributed by atoms with Crippen LogP contribution in [0, 0.1) is 46.7 Å². The number of fused-ring (bicyclic) bond motifs is 5. The largest absolute Gasteiger partial charge is 0.594 e. The van der Waals surface area contributed by atoms with Gasteiger partial charge in [-0.3, -0.25) is 0 Å². The van der Waals surface area contributed by atoms with Crippen LogP contribution in [0.3, 0.4) is 0 Å². The highest BCUT2D eigenvalue weighted by molar-refractivity contribution is 6.06. The maximum absolute atomic E-state index is 13.3. The first-order valence-electron chi connectivity index (χ1n) is 24.5. The number of aromatic hydroxyl groups is 2. The van der Waals surface area contributed by atoms with Crippen molar-refractivity contribution in [2.24, 2.45) is 25.6 Å². The fourth-order valence-corrected chi connectivity index (χ4v) is 9.32. The lowest BCUT2D eigenvalue weighted by Crippen LogP contribution is -1.98. The molecule has 0 atom stereocenters. The van der Waals surface area contributed by atoms with Crippen molar-refractivity contribution in [3.05, 3.63) is 214 Å². The SMILES string of the molecule is Cc1ccc(Nc2ccc3c(O)c(N=Nc4c(O)cc(N=Nc5ccc(C=Cc6ccc([N+]([O-])=Nc7ccc(-n8nc9cc(C)c%10ccccc%10c9n8)cc7)cc6C)c(C)c5)c5cc(C)ccc45)c(C)cc3c2)cc1. The molecular weight excluding hydrogens is 933 g/mol. The minimum absolute atomic E-state index is 0.00385. The van der Waals surface area contributed by atoms with Gasteiger partial charge >= 0.3 is 0 Å². The number of phenols is 2. The summed E-state index contributed by atoms with van der Waals surface area (Å²) >= 11 is 0. The van der Waals surface area contributed by atoms with Gasteiger partial charge in [0.1, 0.15) is 33.8 Å². The summed E-state index contributed by atoms with van der Waals surface area (Å²) in [6, 6.07) is 52.0. The van der Waals surface area contributed by atoms with Crippen LogP contribution in [0.25, 0.3) is 61.2 Å². The van der Waals surface area contributed by atoms with Crippen molar-refractivity contribution >= 4 is 101 Å². The van der Waals surface area contributed by atoms with E-state index in [9.17, 15) is 15.4 Å². The zero-order chi connectivity index (χ0) is 51.9. The van der Waals surface area contributed by atoms with E-state index in [0.717, 1.165) is 88.6 Å². The van der Waals surface area contributed by atoms with Crippen molar-refractivity contribution < 1.29 is 15.1 Å². The van der Waals surface area contributed by atoms with Gasteiger partial charge in [0.15, 0.2) is 5.75 Å². The quantitative estimate of drug-likeness (QED) is 0.0504. The first-order chi connectivity index (χ1) is 36.3. The zero-order valence-electron chi connectivity index (χ0n) is 42.1. The molecule has 10 aromatic carbocycles. The van der Waals surface area contributed by atoms with E-state index in [1.165, 1.54) is 11.6 Å². The molecule has 11 aromatic rings. The molecule has 0 unspecified atom stereocenters. The number of aryl methyl sites for hydroxylation is 6. The molecule has 366 valence electrons. The number of phenolic OH excluding ortho intramolecular Hbond substituents is 2. The molecule has 1 aromatic heterocycles. The van der Waals surface area contributed by atoms with Gasteiger partial charge in [0.25, 0.3) is 0 Å². The van der Waals surface area contributed by atoms with E-state index in [2.05, 4.69) is 75.1 Å². The Morgan fingerprint density at radius 2 is 1.20 bits per heavy atom. The summed E-state index contributed by atoms with van der Waals surface area (Å²) in [6.45, 7) is 12.0. The van der Waals surface area contributed by atoms with Crippen molar-refractivity contribution in [3.63, 3.8) is 0 Å². The van der Waals surface area contributed by atoms with Crippen LogP contribution in [0.5, 0.6) is 11.5 Å². The Labute approximate surface area is 432 Å². The van der Waals surface area contributed by atoms with Crippen molar-refractivity contribution in [1.29, 1.82) is 0 Å². The molecule has 0 aliphatic rings.